The Morgan fingerprint density at radius 3 is 3.05 bits per heavy atom. The fourth-order valence-electron chi connectivity index (χ4n) is 3.23. The Bertz CT molecular complexity index is 783. The molecule has 0 aliphatic carbocycles. The van der Waals surface area contributed by atoms with Crippen LogP contribution in [0.5, 0.6) is 0 Å². The zero-order valence-electron chi connectivity index (χ0n) is 12.8. The van der Waals surface area contributed by atoms with Gasteiger partial charge < -0.3 is 9.30 Å². The molecular weight excluding hydrogens is 276 g/mol. The average Bonchev–Trinajstić information content (AvgIpc) is 3.24. The van der Waals surface area contributed by atoms with Gasteiger partial charge in [-0.25, -0.2) is 0 Å². The van der Waals surface area contributed by atoms with Crippen LogP contribution in [0.2, 0.25) is 0 Å². The molecule has 0 unspecified atom stereocenters. The predicted molar refractivity (Wildman–Crippen MR) is 84.9 cm³/mol. The third kappa shape index (κ3) is 2.41. The van der Waals surface area contributed by atoms with E-state index in [1.165, 1.54) is 16.6 Å². The van der Waals surface area contributed by atoms with E-state index in [2.05, 4.69) is 58.3 Å². The number of hydrogen-bond acceptors (Lipinski definition) is 3. The van der Waals surface area contributed by atoms with Crippen molar-refractivity contribution in [3.63, 3.8) is 0 Å². The molecule has 3 aromatic rings. The Kier molecular flexibility index (Phi) is 3.42. The monoisotopic (exact) mass is 296 g/mol. The highest BCUT2D eigenvalue weighted by atomic mass is 16.5. The Morgan fingerprint density at radius 1 is 1.27 bits per heavy atom. The molecule has 0 bridgehead atoms. The number of para-hydroxylation sites is 1. The van der Waals surface area contributed by atoms with Gasteiger partial charge in [0.25, 0.3) is 0 Å². The van der Waals surface area contributed by atoms with E-state index >= 15 is 0 Å². The summed E-state index contributed by atoms with van der Waals surface area (Å²) in [7, 11) is 0. The first-order valence-electron chi connectivity index (χ1n) is 7.84. The molecule has 1 aliphatic rings. The van der Waals surface area contributed by atoms with Crippen LogP contribution in [0.1, 0.15) is 23.7 Å². The largest absolute Gasteiger partial charge is 0.381 e. The van der Waals surface area contributed by atoms with E-state index in [-0.39, 0.29) is 0 Å². The lowest BCUT2D eigenvalue weighted by atomic mass is 10.1. The standard InChI is InChI=1S/C17H20N4O/c1-13-10-14-4-2-3-5-17(14)21(13)8-7-20-11-16(18-19-20)15-6-9-22-12-15/h2-5,10-11,15H,6-9,12H2,1H3/t15-/m0/s1. The Balaban J connectivity index is 1.51. The highest BCUT2D eigenvalue weighted by Gasteiger charge is 2.20. The van der Waals surface area contributed by atoms with Crippen LogP contribution in [-0.4, -0.2) is 32.8 Å². The van der Waals surface area contributed by atoms with E-state index in [1.807, 2.05) is 4.68 Å². The lowest BCUT2D eigenvalue weighted by molar-refractivity contribution is 0.193. The van der Waals surface area contributed by atoms with Gasteiger partial charge in [-0.15, -0.1) is 5.10 Å². The van der Waals surface area contributed by atoms with Crippen LogP contribution in [-0.2, 0) is 17.8 Å². The molecule has 1 atom stereocenters. The Labute approximate surface area is 129 Å². The lowest BCUT2D eigenvalue weighted by Gasteiger charge is -2.08. The predicted octanol–water partition coefficient (Wildman–Crippen LogP) is 2.75. The van der Waals surface area contributed by atoms with Gasteiger partial charge in [0.05, 0.1) is 18.8 Å². The first-order chi connectivity index (χ1) is 10.8. The first kappa shape index (κ1) is 13.5. The molecule has 0 N–H and O–H groups in total. The summed E-state index contributed by atoms with van der Waals surface area (Å²) in [6.07, 6.45) is 3.13. The van der Waals surface area contributed by atoms with Crippen molar-refractivity contribution in [2.24, 2.45) is 0 Å². The minimum absolute atomic E-state index is 0.419. The fourth-order valence-corrected chi connectivity index (χ4v) is 3.23. The number of rotatable bonds is 4. The van der Waals surface area contributed by atoms with Crippen molar-refractivity contribution >= 4 is 10.9 Å². The van der Waals surface area contributed by atoms with Gasteiger partial charge in [-0.05, 0) is 30.9 Å². The molecule has 4 rings (SSSR count). The molecule has 5 heteroatoms. The van der Waals surface area contributed by atoms with E-state index in [0.29, 0.717) is 5.92 Å². The van der Waals surface area contributed by atoms with Crippen LogP contribution in [0.3, 0.4) is 0 Å². The zero-order valence-corrected chi connectivity index (χ0v) is 12.8. The summed E-state index contributed by atoms with van der Waals surface area (Å²) in [5.41, 5.74) is 3.63. The van der Waals surface area contributed by atoms with Crippen molar-refractivity contribution in [3.05, 3.63) is 47.9 Å². The second kappa shape index (κ2) is 5.57. The second-order valence-electron chi connectivity index (χ2n) is 5.96. The number of aryl methyl sites for hydroxylation is 3. The highest BCUT2D eigenvalue weighted by Crippen LogP contribution is 2.23. The molecule has 3 heterocycles. The number of ether oxygens (including phenoxy) is 1. The van der Waals surface area contributed by atoms with Gasteiger partial charge in [-0.2, -0.15) is 0 Å². The summed E-state index contributed by atoms with van der Waals surface area (Å²) in [5.74, 6) is 0.419. The summed E-state index contributed by atoms with van der Waals surface area (Å²) in [6, 6.07) is 10.7. The maximum Gasteiger partial charge on any atom is 0.0881 e. The average molecular weight is 296 g/mol. The van der Waals surface area contributed by atoms with Gasteiger partial charge in [-0.3, -0.25) is 4.68 Å². The van der Waals surface area contributed by atoms with Crippen molar-refractivity contribution in [1.82, 2.24) is 19.6 Å². The Morgan fingerprint density at radius 2 is 2.18 bits per heavy atom. The van der Waals surface area contributed by atoms with Crippen LogP contribution >= 0.6 is 0 Å². The lowest BCUT2D eigenvalue weighted by Crippen LogP contribution is -2.09. The zero-order chi connectivity index (χ0) is 14.9. The summed E-state index contributed by atoms with van der Waals surface area (Å²) in [6.45, 7) is 5.51. The second-order valence-corrected chi connectivity index (χ2v) is 5.96. The van der Waals surface area contributed by atoms with Crippen molar-refractivity contribution in [3.8, 4) is 0 Å². The Hall–Kier alpha value is -2.14. The molecule has 0 saturated carbocycles. The van der Waals surface area contributed by atoms with Crippen LogP contribution in [0, 0.1) is 6.92 Å². The van der Waals surface area contributed by atoms with Gasteiger partial charge in [-0.1, -0.05) is 23.4 Å². The molecular formula is C17H20N4O. The molecule has 22 heavy (non-hydrogen) atoms. The molecule has 0 amide bonds. The van der Waals surface area contributed by atoms with Crippen LogP contribution in [0.25, 0.3) is 10.9 Å². The SMILES string of the molecule is Cc1cc2ccccc2n1CCn1cc([C@H]2CCOC2)nn1. The molecule has 1 fully saturated rings. The molecule has 1 saturated heterocycles. The minimum atomic E-state index is 0.419. The molecule has 0 radical (unpaired) electrons. The molecule has 1 aromatic carbocycles. The van der Waals surface area contributed by atoms with E-state index < -0.39 is 0 Å². The topological polar surface area (TPSA) is 44.9 Å². The number of hydrogen-bond donors (Lipinski definition) is 0. The van der Waals surface area contributed by atoms with Gasteiger partial charge in [0.1, 0.15) is 0 Å². The van der Waals surface area contributed by atoms with E-state index in [0.717, 1.165) is 38.4 Å². The van der Waals surface area contributed by atoms with Crippen molar-refractivity contribution in [2.75, 3.05) is 13.2 Å². The van der Waals surface area contributed by atoms with Crippen molar-refractivity contribution < 1.29 is 4.74 Å². The van der Waals surface area contributed by atoms with Gasteiger partial charge in [0.2, 0.25) is 0 Å². The number of benzene rings is 1. The molecule has 1 aliphatic heterocycles. The number of nitrogens with zero attached hydrogens (tertiary/aromatic N) is 4. The van der Waals surface area contributed by atoms with Crippen molar-refractivity contribution in [1.29, 1.82) is 0 Å². The fraction of sp³-hybridized carbons (Fsp3) is 0.412. The van der Waals surface area contributed by atoms with Crippen LogP contribution in [0.15, 0.2) is 36.5 Å². The molecule has 2 aromatic heterocycles. The third-order valence-electron chi connectivity index (χ3n) is 4.47. The number of aromatic nitrogens is 4. The summed E-state index contributed by atoms with van der Waals surface area (Å²) in [5, 5.41) is 9.87. The summed E-state index contributed by atoms with van der Waals surface area (Å²) >= 11 is 0. The highest BCUT2D eigenvalue weighted by molar-refractivity contribution is 5.81. The summed E-state index contributed by atoms with van der Waals surface area (Å²) < 4.78 is 9.71. The maximum absolute atomic E-state index is 5.42. The minimum Gasteiger partial charge on any atom is -0.381 e. The van der Waals surface area contributed by atoms with Crippen LogP contribution < -0.4 is 0 Å². The van der Waals surface area contributed by atoms with Crippen LogP contribution in [0.4, 0.5) is 0 Å². The van der Waals surface area contributed by atoms with Gasteiger partial charge >= 0.3 is 0 Å². The number of fused-ring (bicyclic) bond motifs is 1. The van der Waals surface area contributed by atoms with E-state index in [4.69, 9.17) is 4.74 Å². The van der Waals surface area contributed by atoms with Gasteiger partial charge in [0, 0.05) is 36.5 Å². The van der Waals surface area contributed by atoms with Gasteiger partial charge in [0.15, 0.2) is 0 Å². The third-order valence-corrected chi connectivity index (χ3v) is 4.47. The summed E-state index contributed by atoms with van der Waals surface area (Å²) in [4.78, 5) is 0. The smallest absolute Gasteiger partial charge is 0.0881 e. The molecule has 114 valence electrons. The van der Waals surface area contributed by atoms with E-state index in [1.54, 1.807) is 0 Å². The molecule has 0 spiro atoms. The quantitative estimate of drug-likeness (QED) is 0.743. The van der Waals surface area contributed by atoms with Crippen molar-refractivity contribution in [2.45, 2.75) is 32.4 Å². The van der Waals surface area contributed by atoms with E-state index in [9.17, 15) is 0 Å². The molecule has 5 nitrogen and oxygen atoms in total. The maximum atomic E-state index is 5.42. The first-order valence-corrected chi connectivity index (χ1v) is 7.84. The normalized spacial score (nSPS) is 18.3.